The fourth-order valence-electron chi connectivity index (χ4n) is 2.50. The highest BCUT2D eigenvalue weighted by Crippen LogP contribution is 2.13. The van der Waals surface area contributed by atoms with Crippen molar-refractivity contribution >= 4 is 5.91 Å². The molecule has 126 valence electrons. The summed E-state index contributed by atoms with van der Waals surface area (Å²) in [6.07, 6.45) is 0. The first-order valence-corrected chi connectivity index (χ1v) is 8.08. The molecule has 0 spiro atoms. The van der Waals surface area contributed by atoms with E-state index in [0.717, 1.165) is 5.56 Å². The topological polar surface area (TPSA) is 64.0 Å². The summed E-state index contributed by atoms with van der Waals surface area (Å²) < 4.78 is 1.23. The van der Waals surface area contributed by atoms with Gasteiger partial charge in [-0.25, -0.2) is 0 Å². The van der Waals surface area contributed by atoms with Gasteiger partial charge in [0.2, 0.25) is 0 Å². The zero-order chi connectivity index (χ0) is 17.8. The molecule has 0 aliphatic heterocycles. The van der Waals surface area contributed by atoms with E-state index in [1.54, 1.807) is 12.1 Å². The number of rotatable bonds is 4. The summed E-state index contributed by atoms with van der Waals surface area (Å²) in [6.45, 7) is 3.93. The van der Waals surface area contributed by atoms with Gasteiger partial charge in [0.25, 0.3) is 11.5 Å². The zero-order valence-corrected chi connectivity index (χ0v) is 14.1. The number of carbonyl (C=O) groups excluding carboxylic acids is 1. The van der Waals surface area contributed by atoms with Gasteiger partial charge in [0.1, 0.15) is 5.69 Å². The molecule has 1 heterocycles. The number of aromatic nitrogens is 2. The van der Waals surface area contributed by atoms with Crippen molar-refractivity contribution in [3.8, 4) is 5.69 Å². The van der Waals surface area contributed by atoms with Crippen LogP contribution >= 0.6 is 0 Å². The summed E-state index contributed by atoms with van der Waals surface area (Å²) in [4.78, 5) is 24.5. The molecule has 2 aromatic carbocycles. The molecule has 0 aliphatic rings. The first-order chi connectivity index (χ1) is 12.0. The molecule has 0 unspecified atom stereocenters. The van der Waals surface area contributed by atoms with Gasteiger partial charge in [0.15, 0.2) is 0 Å². The standard InChI is InChI=1S/C20H19N3O2/c1-14-8-10-16(11-9-14)15(2)21-20(25)18-12-13-19(24)23(22-18)17-6-4-3-5-7-17/h3-13,15H,1-2H3,(H,21,25)/t15-/m1/s1. The van der Waals surface area contributed by atoms with Crippen LogP contribution in [0.2, 0.25) is 0 Å². The molecular formula is C20H19N3O2. The lowest BCUT2D eigenvalue weighted by Crippen LogP contribution is -2.30. The van der Waals surface area contributed by atoms with E-state index in [9.17, 15) is 9.59 Å². The zero-order valence-electron chi connectivity index (χ0n) is 14.1. The van der Waals surface area contributed by atoms with Gasteiger partial charge in [0, 0.05) is 6.07 Å². The molecule has 1 amide bonds. The van der Waals surface area contributed by atoms with E-state index in [4.69, 9.17) is 0 Å². The molecule has 5 heteroatoms. The smallest absolute Gasteiger partial charge is 0.272 e. The minimum atomic E-state index is -0.322. The minimum Gasteiger partial charge on any atom is -0.344 e. The quantitative estimate of drug-likeness (QED) is 0.798. The van der Waals surface area contributed by atoms with Crippen LogP contribution in [0.4, 0.5) is 0 Å². The number of hydrogen-bond acceptors (Lipinski definition) is 3. The number of amides is 1. The summed E-state index contributed by atoms with van der Waals surface area (Å²) in [5.41, 5.74) is 2.71. The lowest BCUT2D eigenvalue weighted by Gasteiger charge is -2.14. The van der Waals surface area contributed by atoms with Gasteiger partial charge in [-0.15, -0.1) is 0 Å². The van der Waals surface area contributed by atoms with Crippen molar-refractivity contribution in [1.29, 1.82) is 0 Å². The number of nitrogens with one attached hydrogen (secondary N) is 1. The van der Waals surface area contributed by atoms with E-state index in [1.807, 2.05) is 56.3 Å². The first kappa shape index (κ1) is 16.6. The number of para-hydroxylation sites is 1. The van der Waals surface area contributed by atoms with Crippen LogP contribution in [-0.2, 0) is 0 Å². The maximum absolute atomic E-state index is 12.5. The second-order valence-corrected chi connectivity index (χ2v) is 5.91. The van der Waals surface area contributed by atoms with Crippen LogP contribution < -0.4 is 10.9 Å². The Balaban J connectivity index is 1.83. The molecule has 0 bridgehead atoms. The van der Waals surface area contributed by atoms with E-state index in [-0.39, 0.29) is 23.2 Å². The summed E-state index contributed by atoms with van der Waals surface area (Å²) in [5.74, 6) is -0.322. The Kier molecular flexibility index (Phi) is 4.75. The third-order valence-corrected chi connectivity index (χ3v) is 3.96. The minimum absolute atomic E-state index is 0.160. The summed E-state index contributed by atoms with van der Waals surface area (Å²) in [7, 11) is 0. The third kappa shape index (κ3) is 3.83. The highest BCUT2D eigenvalue weighted by atomic mass is 16.2. The van der Waals surface area contributed by atoms with E-state index in [2.05, 4.69) is 10.4 Å². The van der Waals surface area contributed by atoms with Gasteiger partial charge in [-0.1, -0.05) is 48.0 Å². The molecule has 1 aromatic heterocycles. The van der Waals surface area contributed by atoms with E-state index >= 15 is 0 Å². The van der Waals surface area contributed by atoms with E-state index in [1.165, 1.54) is 22.4 Å². The molecule has 25 heavy (non-hydrogen) atoms. The largest absolute Gasteiger partial charge is 0.344 e. The Morgan fingerprint density at radius 2 is 1.68 bits per heavy atom. The van der Waals surface area contributed by atoms with Crippen molar-refractivity contribution in [1.82, 2.24) is 15.1 Å². The van der Waals surface area contributed by atoms with Gasteiger partial charge >= 0.3 is 0 Å². The molecule has 1 atom stereocenters. The molecule has 3 aromatic rings. The number of hydrogen-bond donors (Lipinski definition) is 1. The highest BCUT2D eigenvalue weighted by molar-refractivity contribution is 5.92. The number of carbonyl (C=O) groups is 1. The molecular weight excluding hydrogens is 314 g/mol. The van der Waals surface area contributed by atoms with Crippen LogP contribution in [0.15, 0.2) is 71.5 Å². The summed E-state index contributed by atoms with van der Waals surface area (Å²) in [5, 5.41) is 7.11. The van der Waals surface area contributed by atoms with Gasteiger partial charge < -0.3 is 5.32 Å². The van der Waals surface area contributed by atoms with Crippen LogP contribution in [-0.4, -0.2) is 15.7 Å². The molecule has 1 N–H and O–H groups in total. The molecule has 3 rings (SSSR count). The Labute approximate surface area is 145 Å². The monoisotopic (exact) mass is 333 g/mol. The molecule has 5 nitrogen and oxygen atoms in total. The van der Waals surface area contributed by atoms with Gasteiger partial charge in [0.05, 0.1) is 11.7 Å². The predicted molar refractivity (Wildman–Crippen MR) is 96.9 cm³/mol. The molecule has 0 saturated carbocycles. The van der Waals surface area contributed by atoms with Crippen LogP contribution in [0.1, 0.15) is 34.6 Å². The van der Waals surface area contributed by atoms with Crippen molar-refractivity contribution in [2.45, 2.75) is 19.9 Å². The van der Waals surface area contributed by atoms with E-state index < -0.39 is 0 Å². The summed E-state index contributed by atoms with van der Waals surface area (Å²) >= 11 is 0. The van der Waals surface area contributed by atoms with Crippen molar-refractivity contribution in [2.24, 2.45) is 0 Å². The molecule has 0 radical (unpaired) electrons. The predicted octanol–water partition coefficient (Wildman–Crippen LogP) is 3.03. The Morgan fingerprint density at radius 1 is 1.00 bits per heavy atom. The van der Waals surface area contributed by atoms with Crippen LogP contribution in [0.25, 0.3) is 5.69 Å². The SMILES string of the molecule is Cc1ccc([C@@H](C)NC(=O)c2ccc(=O)n(-c3ccccc3)n2)cc1. The van der Waals surface area contributed by atoms with Crippen molar-refractivity contribution < 1.29 is 4.79 Å². The maximum Gasteiger partial charge on any atom is 0.272 e. The number of nitrogens with zero attached hydrogens (tertiary/aromatic N) is 2. The lowest BCUT2D eigenvalue weighted by atomic mass is 10.1. The first-order valence-electron chi connectivity index (χ1n) is 8.08. The fraction of sp³-hybridized carbons (Fsp3) is 0.150. The highest BCUT2D eigenvalue weighted by Gasteiger charge is 2.14. The van der Waals surface area contributed by atoms with Gasteiger partial charge in [-0.05, 0) is 37.6 Å². The Hall–Kier alpha value is -3.21. The lowest BCUT2D eigenvalue weighted by molar-refractivity contribution is 0.0933. The number of benzene rings is 2. The van der Waals surface area contributed by atoms with Crippen LogP contribution in [0.3, 0.4) is 0 Å². The maximum atomic E-state index is 12.5. The van der Waals surface area contributed by atoms with Gasteiger partial charge in [-0.3, -0.25) is 9.59 Å². The molecule has 0 fully saturated rings. The average Bonchev–Trinajstić information content (AvgIpc) is 2.63. The Morgan fingerprint density at radius 3 is 2.36 bits per heavy atom. The molecule has 0 aliphatic carbocycles. The van der Waals surface area contributed by atoms with Crippen molar-refractivity contribution in [3.63, 3.8) is 0 Å². The van der Waals surface area contributed by atoms with Crippen LogP contribution in [0.5, 0.6) is 0 Å². The van der Waals surface area contributed by atoms with E-state index in [0.29, 0.717) is 5.69 Å². The van der Waals surface area contributed by atoms with Crippen molar-refractivity contribution in [3.05, 3.63) is 93.9 Å². The van der Waals surface area contributed by atoms with Crippen LogP contribution in [0, 0.1) is 6.92 Å². The second kappa shape index (κ2) is 7.13. The average molecular weight is 333 g/mol. The Bertz CT molecular complexity index is 931. The second-order valence-electron chi connectivity index (χ2n) is 5.91. The number of aryl methyl sites for hydroxylation is 1. The third-order valence-electron chi connectivity index (χ3n) is 3.96. The van der Waals surface area contributed by atoms with Crippen molar-refractivity contribution in [2.75, 3.05) is 0 Å². The van der Waals surface area contributed by atoms with Gasteiger partial charge in [-0.2, -0.15) is 9.78 Å². The fourth-order valence-corrected chi connectivity index (χ4v) is 2.50. The summed E-state index contributed by atoms with van der Waals surface area (Å²) in [6, 6.07) is 19.6. The molecule has 0 saturated heterocycles. The normalized spacial score (nSPS) is 11.8.